The Kier molecular flexibility index (Phi) is 7.38. The first kappa shape index (κ1) is 23.3. The zero-order valence-electron chi connectivity index (χ0n) is 18.7. The van der Waals surface area contributed by atoms with Crippen LogP contribution < -0.4 is 4.74 Å². The number of nitrogens with zero attached hydrogens (tertiary/aromatic N) is 2. The Hall–Kier alpha value is -2.38. The summed E-state index contributed by atoms with van der Waals surface area (Å²) in [6.07, 6.45) is 4.17. The zero-order chi connectivity index (χ0) is 22.6. The second-order valence-corrected chi connectivity index (χ2v) is 10.5. The fourth-order valence-corrected chi connectivity index (χ4v) is 5.44. The first-order valence-corrected chi connectivity index (χ1v) is 12.1. The lowest BCUT2D eigenvalue weighted by atomic mass is 9.86. The summed E-state index contributed by atoms with van der Waals surface area (Å²) in [4.78, 5) is 14.9. The third-order valence-corrected chi connectivity index (χ3v) is 8.02. The van der Waals surface area contributed by atoms with Crippen LogP contribution >= 0.6 is 0 Å². The number of rotatable bonds is 7. The Bertz CT molecular complexity index is 999. The van der Waals surface area contributed by atoms with Gasteiger partial charge in [-0.25, -0.2) is 8.42 Å². The molecule has 2 aromatic rings. The topological polar surface area (TPSA) is 66.9 Å². The zero-order valence-corrected chi connectivity index (χ0v) is 19.6. The number of amides is 1. The number of benzene rings is 2. The number of methoxy groups -OCH3 is 1. The largest absolute Gasteiger partial charge is 0.495 e. The van der Waals surface area contributed by atoms with Gasteiger partial charge in [-0.05, 0) is 55.4 Å². The first-order valence-electron chi connectivity index (χ1n) is 10.7. The van der Waals surface area contributed by atoms with Gasteiger partial charge in [-0.15, -0.1) is 0 Å². The summed E-state index contributed by atoms with van der Waals surface area (Å²) < 4.78 is 33.2. The van der Waals surface area contributed by atoms with Crippen LogP contribution in [0.5, 0.6) is 5.75 Å². The Morgan fingerprint density at radius 2 is 1.68 bits per heavy atom. The van der Waals surface area contributed by atoms with E-state index in [0.29, 0.717) is 11.5 Å². The molecule has 1 saturated carbocycles. The Balaban J connectivity index is 1.86. The second kappa shape index (κ2) is 9.83. The SMILES string of the molecule is COc1ccc(C(=O)N(C)C2CCC(C)CC2)cc1S(=O)(=O)N(C)Cc1ccccc1. The third kappa shape index (κ3) is 5.28. The average Bonchev–Trinajstić information content (AvgIpc) is 2.78. The number of sulfonamides is 1. The molecule has 0 radical (unpaired) electrons. The average molecular weight is 445 g/mol. The van der Waals surface area contributed by atoms with Crippen molar-refractivity contribution in [2.45, 2.75) is 50.1 Å². The smallest absolute Gasteiger partial charge is 0.253 e. The molecule has 1 fully saturated rings. The Morgan fingerprint density at radius 3 is 2.29 bits per heavy atom. The number of hydrogen-bond acceptors (Lipinski definition) is 4. The summed E-state index contributed by atoms with van der Waals surface area (Å²) in [6, 6.07) is 14.2. The van der Waals surface area contributed by atoms with Crippen LogP contribution in [0.3, 0.4) is 0 Å². The fraction of sp³-hybridized carbons (Fsp3) is 0.458. The molecule has 0 aromatic heterocycles. The molecule has 1 aliphatic carbocycles. The van der Waals surface area contributed by atoms with Crippen LogP contribution in [0, 0.1) is 5.92 Å². The van der Waals surface area contributed by atoms with E-state index >= 15 is 0 Å². The van der Waals surface area contributed by atoms with Crippen molar-refractivity contribution >= 4 is 15.9 Å². The molecule has 0 heterocycles. The molecular formula is C24H32N2O4S. The molecular weight excluding hydrogens is 412 g/mol. The van der Waals surface area contributed by atoms with Gasteiger partial charge in [0.2, 0.25) is 10.0 Å². The van der Waals surface area contributed by atoms with E-state index in [9.17, 15) is 13.2 Å². The lowest BCUT2D eigenvalue weighted by Gasteiger charge is -2.33. The van der Waals surface area contributed by atoms with Crippen molar-refractivity contribution in [1.29, 1.82) is 0 Å². The maximum Gasteiger partial charge on any atom is 0.253 e. The van der Waals surface area contributed by atoms with Crippen molar-refractivity contribution in [3.63, 3.8) is 0 Å². The molecule has 0 saturated heterocycles. The molecule has 168 valence electrons. The van der Waals surface area contributed by atoms with E-state index in [-0.39, 0.29) is 29.1 Å². The highest BCUT2D eigenvalue weighted by molar-refractivity contribution is 7.89. The minimum Gasteiger partial charge on any atom is -0.495 e. The molecule has 0 atom stereocenters. The normalized spacial score (nSPS) is 19.3. The van der Waals surface area contributed by atoms with Crippen molar-refractivity contribution < 1.29 is 17.9 Å². The van der Waals surface area contributed by atoms with Crippen LogP contribution in [0.25, 0.3) is 0 Å². The van der Waals surface area contributed by atoms with Gasteiger partial charge >= 0.3 is 0 Å². The van der Waals surface area contributed by atoms with Crippen molar-refractivity contribution in [2.75, 3.05) is 21.2 Å². The second-order valence-electron chi connectivity index (χ2n) is 8.44. The third-order valence-electron chi connectivity index (χ3n) is 6.20. The van der Waals surface area contributed by atoms with Gasteiger partial charge < -0.3 is 9.64 Å². The highest BCUT2D eigenvalue weighted by Crippen LogP contribution is 2.30. The minimum atomic E-state index is -3.86. The molecule has 31 heavy (non-hydrogen) atoms. The molecule has 2 aromatic carbocycles. The molecule has 0 bridgehead atoms. The highest BCUT2D eigenvalue weighted by atomic mass is 32.2. The van der Waals surface area contributed by atoms with Gasteiger partial charge in [0.05, 0.1) is 7.11 Å². The van der Waals surface area contributed by atoms with Crippen LogP contribution in [0.15, 0.2) is 53.4 Å². The quantitative estimate of drug-likeness (QED) is 0.643. The van der Waals surface area contributed by atoms with Gasteiger partial charge in [-0.1, -0.05) is 37.3 Å². The molecule has 7 heteroatoms. The summed E-state index contributed by atoms with van der Waals surface area (Å²) in [5, 5.41) is 0. The van der Waals surface area contributed by atoms with Gasteiger partial charge in [0, 0.05) is 32.2 Å². The highest BCUT2D eigenvalue weighted by Gasteiger charge is 2.29. The van der Waals surface area contributed by atoms with E-state index in [2.05, 4.69) is 6.92 Å². The number of carbonyl (C=O) groups is 1. The first-order chi connectivity index (χ1) is 14.7. The van der Waals surface area contributed by atoms with Crippen LogP contribution in [-0.4, -0.2) is 50.8 Å². The van der Waals surface area contributed by atoms with E-state index < -0.39 is 10.0 Å². The monoisotopic (exact) mass is 444 g/mol. The minimum absolute atomic E-state index is 0.00458. The number of ether oxygens (including phenoxy) is 1. The van der Waals surface area contributed by atoms with Crippen molar-refractivity contribution in [3.8, 4) is 5.75 Å². The molecule has 1 aliphatic rings. The van der Waals surface area contributed by atoms with Gasteiger partial charge in [-0.3, -0.25) is 4.79 Å². The van der Waals surface area contributed by atoms with E-state index in [0.717, 1.165) is 31.2 Å². The van der Waals surface area contributed by atoms with Crippen LogP contribution in [0.2, 0.25) is 0 Å². The predicted molar refractivity (Wildman–Crippen MR) is 122 cm³/mol. The van der Waals surface area contributed by atoms with Crippen molar-refractivity contribution in [1.82, 2.24) is 9.21 Å². The van der Waals surface area contributed by atoms with Crippen molar-refractivity contribution in [3.05, 3.63) is 59.7 Å². The summed E-state index contributed by atoms with van der Waals surface area (Å²) in [5.74, 6) is 0.757. The van der Waals surface area contributed by atoms with E-state index in [1.165, 1.54) is 24.5 Å². The Labute approximate surface area is 185 Å². The van der Waals surface area contributed by atoms with E-state index in [1.807, 2.05) is 37.4 Å². The summed E-state index contributed by atoms with van der Waals surface area (Å²) in [7, 11) is 0.918. The van der Waals surface area contributed by atoms with Gasteiger partial charge in [0.1, 0.15) is 10.6 Å². The number of carbonyl (C=O) groups excluding carboxylic acids is 1. The van der Waals surface area contributed by atoms with Crippen LogP contribution in [0.4, 0.5) is 0 Å². The van der Waals surface area contributed by atoms with E-state index in [1.54, 1.807) is 17.0 Å². The van der Waals surface area contributed by atoms with E-state index in [4.69, 9.17) is 4.74 Å². The molecule has 3 rings (SSSR count). The standard InChI is InChI=1S/C24H32N2O4S/c1-18-10-13-21(14-11-18)26(3)24(27)20-12-15-22(30-4)23(16-20)31(28,29)25(2)17-19-8-6-5-7-9-19/h5-9,12,15-16,18,21H,10-11,13-14,17H2,1-4H3. The lowest BCUT2D eigenvalue weighted by molar-refractivity contribution is 0.0679. The van der Waals surface area contributed by atoms with Gasteiger partial charge in [-0.2, -0.15) is 4.31 Å². The van der Waals surface area contributed by atoms with Gasteiger partial charge in [0.15, 0.2) is 0 Å². The van der Waals surface area contributed by atoms with Gasteiger partial charge in [0.25, 0.3) is 5.91 Å². The number of hydrogen-bond donors (Lipinski definition) is 0. The molecule has 0 spiro atoms. The lowest BCUT2D eigenvalue weighted by Crippen LogP contribution is -2.39. The van der Waals surface area contributed by atoms with Crippen molar-refractivity contribution in [2.24, 2.45) is 5.92 Å². The summed E-state index contributed by atoms with van der Waals surface area (Å²) in [5.41, 5.74) is 1.24. The van der Waals surface area contributed by atoms with Crippen LogP contribution in [-0.2, 0) is 16.6 Å². The summed E-state index contributed by atoms with van der Waals surface area (Å²) in [6.45, 7) is 2.47. The molecule has 0 aliphatic heterocycles. The molecule has 0 N–H and O–H groups in total. The van der Waals surface area contributed by atoms with Crippen LogP contribution in [0.1, 0.15) is 48.5 Å². The Morgan fingerprint density at radius 1 is 1.03 bits per heavy atom. The molecule has 0 unspecified atom stereocenters. The fourth-order valence-electron chi connectivity index (χ4n) is 4.10. The maximum absolute atomic E-state index is 13.3. The maximum atomic E-state index is 13.3. The molecule has 6 nitrogen and oxygen atoms in total. The predicted octanol–water partition coefficient (Wildman–Crippen LogP) is 4.17. The summed E-state index contributed by atoms with van der Waals surface area (Å²) >= 11 is 0. The molecule has 1 amide bonds.